The number of rotatable bonds is 9. The van der Waals surface area contributed by atoms with Crippen molar-refractivity contribution in [3.63, 3.8) is 0 Å². The van der Waals surface area contributed by atoms with Crippen LogP contribution in [0.25, 0.3) is 0 Å². The fraction of sp³-hybridized carbons (Fsp3) is 0.667. The van der Waals surface area contributed by atoms with E-state index in [-0.39, 0.29) is 17.8 Å². The molecule has 0 aliphatic heterocycles. The smallest absolute Gasteiger partial charge is 0.328 e. The van der Waals surface area contributed by atoms with Crippen LogP contribution in [-0.2, 0) is 20.7 Å². The molecule has 1 saturated carbocycles. The maximum atomic E-state index is 12.6. The van der Waals surface area contributed by atoms with Gasteiger partial charge in [0.2, 0.25) is 5.91 Å². The lowest BCUT2D eigenvalue weighted by Gasteiger charge is -2.28. The van der Waals surface area contributed by atoms with Crippen LogP contribution < -0.4 is 5.32 Å². The average Bonchev–Trinajstić information content (AvgIpc) is 3.18. The average molecular weight is 360 g/mol. The highest BCUT2D eigenvalue weighted by Gasteiger charge is 2.36. The normalized spacial score (nSPS) is 16.3. The highest BCUT2D eigenvalue weighted by atomic mass is 16.5. The van der Waals surface area contributed by atoms with Crippen molar-refractivity contribution < 1.29 is 14.3 Å². The van der Waals surface area contributed by atoms with E-state index in [9.17, 15) is 9.59 Å². The molecule has 0 aromatic carbocycles. The van der Waals surface area contributed by atoms with E-state index in [0.717, 1.165) is 50.5 Å². The number of amides is 1. The Labute approximate surface area is 156 Å². The van der Waals surface area contributed by atoms with E-state index in [1.807, 2.05) is 39.1 Å². The molecule has 0 bridgehead atoms. The van der Waals surface area contributed by atoms with Gasteiger partial charge in [0.05, 0.1) is 6.61 Å². The van der Waals surface area contributed by atoms with Crippen molar-refractivity contribution in [2.45, 2.75) is 71.8 Å². The molecule has 0 saturated heterocycles. The first-order chi connectivity index (χ1) is 12.4. The molecule has 1 amide bonds. The van der Waals surface area contributed by atoms with Gasteiger partial charge in [-0.05, 0) is 49.7 Å². The standard InChI is InChI=1S/C21H32N2O3/c1-4-21(2,3)20(25)23-18(17-11-5-6-12-17)19(24)26-14-8-10-16-9-7-13-22-15-16/h7,9,13,15,17-18H,4-6,8,10-12,14H2,1-3H3,(H,23,25). The first-order valence-corrected chi connectivity index (χ1v) is 9.80. The molecule has 1 aromatic rings. The number of aromatic nitrogens is 1. The van der Waals surface area contributed by atoms with Gasteiger partial charge in [-0.15, -0.1) is 0 Å². The fourth-order valence-electron chi connectivity index (χ4n) is 3.24. The van der Waals surface area contributed by atoms with Crippen LogP contribution in [0.15, 0.2) is 24.5 Å². The predicted octanol–water partition coefficient (Wildman–Crippen LogP) is 3.67. The van der Waals surface area contributed by atoms with Gasteiger partial charge in [-0.2, -0.15) is 0 Å². The lowest BCUT2D eigenvalue weighted by atomic mass is 9.88. The molecule has 1 fully saturated rings. The van der Waals surface area contributed by atoms with Gasteiger partial charge in [0.25, 0.3) is 0 Å². The first kappa shape index (κ1) is 20.4. The number of nitrogens with one attached hydrogen (secondary N) is 1. The van der Waals surface area contributed by atoms with Gasteiger partial charge in [0.1, 0.15) is 6.04 Å². The van der Waals surface area contributed by atoms with Crippen LogP contribution in [-0.4, -0.2) is 29.5 Å². The lowest BCUT2D eigenvalue weighted by Crippen LogP contribution is -2.50. The predicted molar refractivity (Wildman–Crippen MR) is 101 cm³/mol. The Kier molecular flexibility index (Phi) is 7.61. The maximum absolute atomic E-state index is 12.6. The molecule has 1 aromatic heterocycles. The molecule has 0 radical (unpaired) electrons. The number of hydrogen-bond donors (Lipinski definition) is 1. The molecule has 1 aliphatic rings. The topological polar surface area (TPSA) is 68.3 Å². The summed E-state index contributed by atoms with van der Waals surface area (Å²) in [4.78, 5) is 29.3. The van der Waals surface area contributed by atoms with Crippen molar-refractivity contribution >= 4 is 11.9 Å². The van der Waals surface area contributed by atoms with Gasteiger partial charge in [-0.3, -0.25) is 9.78 Å². The summed E-state index contributed by atoms with van der Waals surface area (Å²) >= 11 is 0. The molecular weight excluding hydrogens is 328 g/mol. The van der Waals surface area contributed by atoms with Crippen molar-refractivity contribution in [1.29, 1.82) is 0 Å². The third-order valence-electron chi connectivity index (χ3n) is 5.49. The third kappa shape index (κ3) is 5.82. The monoisotopic (exact) mass is 360 g/mol. The Bertz CT molecular complexity index is 580. The molecule has 1 atom stereocenters. The summed E-state index contributed by atoms with van der Waals surface area (Å²) in [7, 11) is 0. The summed E-state index contributed by atoms with van der Waals surface area (Å²) in [5, 5.41) is 2.99. The molecule has 1 unspecified atom stereocenters. The van der Waals surface area contributed by atoms with E-state index in [4.69, 9.17) is 4.74 Å². The first-order valence-electron chi connectivity index (χ1n) is 9.80. The van der Waals surface area contributed by atoms with E-state index in [0.29, 0.717) is 6.61 Å². The van der Waals surface area contributed by atoms with Crippen LogP contribution in [0, 0.1) is 11.3 Å². The van der Waals surface area contributed by atoms with Crippen LogP contribution in [0.1, 0.15) is 64.9 Å². The Morgan fingerprint density at radius 1 is 1.35 bits per heavy atom. The highest BCUT2D eigenvalue weighted by molar-refractivity contribution is 5.87. The van der Waals surface area contributed by atoms with E-state index in [2.05, 4.69) is 10.3 Å². The molecule has 5 heteroatoms. The minimum absolute atomic E-state index is 0.0655. The molecule has 0 spiro atoms. The molecule has 2 rings (SSSR count). The Morgan fingerprint density at radius 2 is 2.08 bits per heavy atom. The number of esters is 1. The molecular formula is C21H32N2O3. The Balaban J connectivity index is 1.87. The molecule has 1 N–H and O–H groups in total. The molecule has 5 nitrogen and oxygen atoms in total. The zero-order chi connectivity index (χ0) is 19.0. The van der Waals surface area contributed by atoms with Crippen molar-refractivity contribution in [3.05, 3.63) is 30.1 Å². The zero-order valence-corrected chi connectivity index (χ0v) is 16.3. The minimum atomic E-state index is -0.519. The van der Waals surface area contributed by atoms with Crippen LogP contribution >= 0.6 is 0 Å². The molecule has 26 heavy (non-hydrogen) atoms. The minimum Gasteiger partial charge on any atom is -0.464 e. The van der Waals surface area contributed by atoms with Crippen LogP contribution in [0.4, 0.5) is 0 Å². The van der Waals surface area contributed by atoms with Crippen molar-refractivity contribution in [2.75, 3.05) is 6.61 Å². The van der Waals surface area contributed by atoms with Crippen LogP contribution in [0.3, 0.4) is 0 Å². The summed E-state index contributed by atoms with van der Waals surface area (Å²) in [5.41, 5.74) is 0.658. The summed E-state index contributed by atoms with van der Waals surface area (Å²) in [6.45, 7) is 6.17. The zero-order valence-electron chi connectivity index (χ0n) is 16.3. The number of pyridine rings is 1. The summed E-state index contributed by atoms with van der Waals surface area (Å²) in [5.74, 6) is -0.162. The summed E-state index contributed by atoms with van der Waals surface area (Å²) in [6.07, 6.45) is 10.1. The van der Waals surface area contributed by atoms with Gasteiger partial charge in [-0.1, -0.05) is 39.7 Å². The van der Waals surface area contributed by atoms with Crippen molar-refractivity contribution in [2.24, 2.45) is 11.3 Å². The third-order valence-corrected chi connectivity index (χ3v) is 5.49. The number of hydrogen-bond acceptors (Lipinski definition) is 4. The lowest BCUT2D eigenvalue weighted by molar-refractivity contribution is -0.150. The SMILES string of the molecule is CCC(C)(C)C(=O)NC(C(=O)OCCCc1cccnc1)C1CCCC1. The van der Waals surface area contributed by atoms with Gasteiger partial charge >= 0.3 is 5.97 Å². The fourth-order valence-corrected chi connectivity index (χ4v) is 3.24. The van der Waals surface area contributed by atoms with Gasteiger partial charge in [0.15, 0.2) is 0 Å². The van der Waals surface area contributed by atoms with E-state index < -0.39 is 11.5 Å². The van der Waals surface area contributed by atoms with E-state index in [1.54, 1.807) is 6.20 Å². The number of ether oxygens (including phenoxy) is 1. The Hall–Kier alpha value is -1.91. The largest absolute Gasteiger partial charge is 0.464 e. The highest BCUT2D eigenvalue weighted by Crippen LogP contribution is 2.29. The van der Waals surface area contributed by atoms with Gasteiger partial charge < -0.3 is 10.1 Å². The second-order valence-corrected chi connectivity index (χ2v) is 7.87. The molecule has 1 aliphatic carbocycles. The molecule has 144 valence electrons. The van der Waals surface area contributed by atoms with Gasteiger partial charge in [0, 0.05) is 17.8 Å². The Morgan fingerprint density at radius 3 is 2.69 bits per heavy atom. The maximum Gasteiger partial charge on any atom is 0.328 e. The number of aryl methyl sites for hydroxylation is 1. The number of carbonyl (C=O) groups is 2. The summed E-state index contributed by atoms with van der Waals surface area (Å²) in [6, 6.07) is 3.40. The van der Waals surface area contributed by atoms with E-state index >= 15 is 0 Å². The second kappa shape index (κ2) is 9.70. The molecule has 1 heterocycles. The quantitative estimate of drug-likeness (QED) is 0.539. The summed E-state index contributed by atoms with van der Waals surface area (Å²) < 4.78 is 5.51. The van der Waals surface area contributed by atoms with Crippen molar-refractivity contribution in [1.82, 2.24) is 10.3 Å². The number of nitrogens with zero attached hydrogens (tertiary/aromatic N) is 1. The van der Waals surface area contributed by atoms with E-state index in [1.165, 1.54) is 0 Å². The van der Waals surface area contributed by atoms with Crippen molar-refractivity contribution in [3.8, 4) is 0 Å². The van der Waals surface area contributed by atoms with Gasteiger partial charge in [-0.25, -0.2) is 4.79 Å². The van der Waals surface area contributed by atoms with Crippen LogP contribution in [0.5, 0.6) is 0 Å². The van der Waals surface area contributed by atoms with Crippen LogP contribution in [0.2, 0.25) is 0 Å². The second-order valence-electron chi connectivity index (χ2n) is 7.87. The number of carbonyl (C=O) groups excluding carboxylic acids is 2.